The molecule has 2 heterocycles. The Morgan fingerprint density at radius 3 is 2.44 bits per heavy atom. The number of hydrogen-bond donors (Lipinski definition) is 2. The van der Waals surface area contributed by atoms with Gasteiger partial charge in [-0.3, -0.25) is 9.36 Å². The van der Waals surface area contributed by atoms with Gasteiger partial charge in [0.05, 0.1) is 23.1 Å². The van der Waals surface area contributed by atoms with Gasteiger partial charge in [0.1, 0.15) is 17.2 Å². The van der Waals surface area contributed by atoms with Gasteiger partial charge in [-0.1, -0.05) is 30.3 Å². The number of aromatic nitrogens is 1. The summed E-state index contributed by atoms with van der Waals surface area (Å²) in [6.45, 7) is 4.96. The predicted octanol–water partition coefficient (Wildman–Crippen LogP) is 2.43. The van der Waals surface area contributed by atoms with Crippen LogP contribution in [0.1, 0.15) is 32.8 Å². The van der Waals surface area contributed by atoms with Crippen LogP contribution in [-0.4, -0.2) is 53.7 Å². The standard InChI is InChI=1S/C27H30N4O7S/c1-26(2,3)38-24(33)30-27(11-12-39(35,36)16-27)23(32)29-20(15-28)13-17-5-7-18(8-6-17)19-9-10-22-21(14-19)31(4)25(34)37-22/h5-10,14,20H,11-13,16H2,1-4H3,(H,29,32)(H,30,33)/t20-,27?/m0/s1. The van der Waals surface area contributed by atoms with Gasteiger partial charge in [0.25, 0.3) is 0 Å². The smallest absolute Gasteiger partial charge is 0.419 e. The second-order valence-electron chi connectivity index (χ2n) is 10.7. The molecule has 2 atom stereocenters. The van der Waals surface area contributed by atoms with Crippen molar-refractivity contribution in [3.05, 3.63) is 58.6 Å². The minimum Gasteiger partial charge on any atom is -0.444 e. The topological polar surface area (TPSA) is 160 Å². The third kappa shape index (κ3) is 6.31. The number of aryl methyl sites for hydroxylation is 1. The number of oxazole rings is 1. The lowest BCUT2D eigenvalue weighted by molar-refractivity contribution is -0.127. The van der Waals surface area contributed by atoms with Gasteiger partial charge in [-0.25, -0.2) is 18.0 Å². The Bertz CT molecular complexity index is 1630. The van der Waals surface area contributed by atoms with Crippen molar-refractivity contribution in [2.45, 2.75) is 50.8 Å². The summed E-state index contributed by atoms with van der Waals surface area (Å²) < 4.78 is 36.3. The summed E-state index contributed by atoms with van der Waals surface area (Å²) in [7, 11) is -1.94. The van der Waals surface area contributed by atoms with Crippen molar-refractivity contribution in [2.24, 2.45) is 7.05 Å². The molecule has 3 aromatic rings. The van der Waals surface area contributed by atoms with Crippen LogP contribution in [0.5, 0.6) is 0 Å². The number of alkyl carbamates (subject to hydrolysis) is 1. The van der Waals surface area contributed by atoms with Crippen LogP contribution in [0.4, 0.5) is 4.79 Å². The zero-order valence-corrected chi connectivity index (χ0v) is 22.9. The summed E-state index contributed by atoms with van der Waals surface area (Å²) >= 11 is 0. The molecule has 1 fully saturated rings. The van der Waals surface area contributed by atoms with Crippen molar-refractivity contribution in [1.82, 2.24) is 15.2 Å². The maximum Gasteiger partial charge on any atom is 0.419 e. The van der Waals surface area contributed by atoms with E-state index in [2.05, 4.69) is 10.6 Å². The second-order valence-corrected chi connectivity index (χ2v) is 12.9. The SMILES string of the molecule is Cn1c(=O)oc2ccc(-c3ccc(C[C@@H](C#N)NC(=O)C4(NC(=O)OC(C)(C)C)CCS(=O)(=O)C4)cc3)cc21. The van der Waals surface area contributed by atoms with E-state index in [1.807, 2.05) is 42.5 Å². The number of nitrogens with one attached hydrogen (secondary N) is 2. The molecule has 2 amide bonds. The van der Waals surface area contributed by atoms with Crippen LogP contribution < -0.4 is 16.4 Å². The lowest BCUT2D eigenvalue weighted by Gasteiger charge is -2.30. The molecule has 0 saturated carbocycles. The molecule has 206 valence electrons. The van der Waals surface area contributed by atoms with Crippen LogP contribution in [-0.2, 0) is 32.8 Å². The molecule has 0 spiro atoms. The van der Waals surface area contributed by atoms with Crippen molar-refractivity contribution in [2.75, 3.05) is 11.5 Å². The molecule has 1 unspecified atom stereocenters. The van der Waals surface area contributed by atoms with Crippen molar-refractivity contribution >= 4 is 32.9 Å². The number of rotatable bonds is 6. The molecule has 0 bridgehead atoms. The van der Waals surface area contributed by atoms with Crippen LogP contribution >= 0.6 is 0 Å². The molecular formula is C27H30N4O7S. The van der Waals surface area contributed by atoms with Crippen LogP contribution in [0.25, 0.3) is 22.2 Å². The Labute approximate surface area is 225 Å². The molecule has 1 aromatic heterocycles. The molecule has 2 N–H and O–H groups in total. The number of carbonyl (C=O) groups excluding carboxylic acids is 2. The maximum atomic E-state index is 13.3. The summed E-state index contributed by atoms with van der Waals surface area (Å²) in [5.74, 6) is -2.05. The first-order chi connectivity index (χ1) is 18.2. The molecule has 1 aliphatic heterocycles. The van der Waals surface area contributed by atoms with E-state index in [1.165, 1.54) is 4.57 Å². The summed E-state index contributed by atoms with van der Waals surface area (Å²) in [5.41, 5.74) is 1.08. The minimum atomic E-state index is -3.57. The number of nitrogens with zero attached hydrogens (tertiary/aromatic N) is 2. The third-order valence-electron chi connectivity index (χ3n) is 6.46. The molecule has 12 heteroatoms. The zero-order valence-electron chi connectivity index (χ0n) is 22.1. The highest BCUT2D eigenvalue weighted by molar-refractivity contribution is 7.91. The van der Waals surface area contributed by atoms with Gasteiger partial charge >= 0.3 is 11.8 Å². The number of fused-ring (bicyclic) bond motifs is 1. The quantitative estimate of drug-likeness (QED) is 0.470. The Hall–Kier alpha value is -4.11. The molecule has 1 aliphatic rings. The van der Waals surface area contributed by atoms with Gasteiger partial charge in [-0.15, -0.1) is 0 Å². The third-order valence-corrected chi connectivity index (χ3v) is 8.22. The summed E-state index contributed by atoms with van der Waals surface area (Å²) in [6.07, 6.45) is -0.875. The van der Waals surface area contributed by atoms with Gasteiger partial charge in [-0.2, -0.15) is 5.26 Å². The normalized spacial score (nSPS) is 19.3. The van der Waals surface area contributed by atoms with E-state index >= 15 is 0 Å². The zero-order chi connectivity index (χ0) is 28.6. The van der Waals surface area contributed by atoms with E-state index in [4.69, 9.17) is 9.15 Å². The van der Waals surface area contributed by atoms with Crippen molar-refractivity contribution in [3.63, 3.8) is 0 Å². The predicted molar refractivity (Wildman–Crippen MR) is 144 cm³/mol. The van der Waals surface area contributed by atoms with Gasteiger partial charge in [0, 0.05) is 13.5 Å². The number of ether oxygens (including phenoxy) is 1. The monoisotopic (exact) mass is 554 g/mol. The molecule has 2 aromatic carbocycles. The van der Waals surface area contributed by atoms with E-state index < -0.39 is 50.5 Å². The highest BCUT2D eigenvalue weighted by atomic mass is 32.2. The summed E-state index contributed by atoms with van der Waals surface area (Å²) in [6, 6.07) is 13.8. The van der Waals surface area contributed by atoms with Crippen LogP contribution in [0, 0.1) is 11.3 Å². The van der Waals surface area contributed by atoms with Gasteiger partial charge in [-0.05, 0) is 56.0 Å². The lowest BCUT2D eigenvalue weighted by atomic mass is 9.96. The first-order valence-electron chi connectivity index (χ1n) is 12.3. The summed E-state index contributed by atoms with van der Waals surface area (Å²) in [5, 5.41) is 14.8. The van der Waals surface area contributed by atoms with Crippen LogP contribution in [0.2, 0.25) is 0 Å². The highest BCUT2D eigenvalue weighted by Gasteiger charge is 2.50. The fraction of sp³-hybridized carbons (Fsp3) is 0.407. The molecule has 0 aliphatic carbocycles. The Kier molecular flexibility index (Phi) is 7.32. The number of hydrogen-bond acceptors (Lipinski definition) is 8. The van der Waals surface area contributed by atoms with Gasteiger partial charge < -0.3 is 19.8 Å². The second kappa shape index (κ2) is 10.2. The Balaban J connectivity index is 1.48. The Morgan fingerprint density at radius 2 is 1.85 bits per heavy atom. The number of sulfone groups is 1. The van der Waals surface area contributed by atoms with Gasteiger partial charge in [0.15, 0.2) is 15.4 Å². The highest BCUT2D eigenvalue weighted by Crippen LogP contribution is 2.26. The van der Waals surface area contributed by atoms with E-state index in [-0.39, 0.29) is 18.6 Å². The molecule has 4 rings (SSSR count). The average molecular weight is 555 g/mol. The minimum absolute atomic E-state index is 0.125. The van der Waals surface area contributed by atoms with Crippen molar-refractivity contribution in [3.8, 4) is 17.2 Å². The van der Waals surface area contributed by atoms with E-state index in [0.29, 0.717) is 11.1 Å². The molecule has 39 heavy (non-hydrogen) atoms. The Morgan fingerprint density at radius 1 is 1.18 bits per heavy atom. The molecule has 1 saturated heterocycles. The fourth-order valence-corrected chi connectivity index (χ4v) is 6.39. The summed E-state index contributed by atoms with van der Waals surface area (Å²) in [4.78, 5) is 37.5. The number of carbonyl (C=O) groups is 2. The number of amides is 2. The maximum absolute atomic E-state index is 13.3. The van der Waals surface area contributed by atoms with E-state index in [0.717, 1.165) is 16.7 Å². The number of nitriles is 1. The average Bonchev–Trinajstić information content (AvgIpc) is 3.32. The molecule has 0 radical (unpaired) electrons. The molecular weight excluding hydrogens is 524 g/mol. The number of benzene rings is 2. The fourth-order valence-electron chi connectivity index (χ4n) is 4.48. The largest absolute Gasteiger partial charge is 0.444 e. The van der Waals surface area contributed by atoms with Crippen LogP contribution in [0.3, 0.4) is 0 Å². The van der Waals surface area contributed by atoms with Crippen LogP contribution in [0.15, 0.2) is 51.7 Å². The van der Waals surface area contributed by atoms with Crippen molar-refractivity contribution < 1.29 is 27.2 Å². The first-order valence-corrected chi connectivity index (χ1v) is 14.1. The van der Waals surface area contributed by atoms with E-state index in [1.54, 1.807) is 33.9 Å². The van der Waals surface area contributed by atoms with Gasteiger partial charge in [0.2, 0.25) is 5.91 Å². The van der Waals surface area contributed by atoms with E-state index in [9.17, 15) is 28.1 Å². The molecule has 11 nitrogen and oxygen atoms in total. The van der Waals surface area contributed by atoms with Crippen molar-refractivity contribution in [1.29, 1.82) is 5.26 Å². The first kappa shape index (κ1) is 27.9. The lowest BCUT2D eigenvalue weighted by Crippen LogP contribution is -2.61.